The van der Waals surface area contributed by atoms with Gasteiger partial charge in [-0.3, -0.25) is 14.9 Å². The second-order valence-corrected chi connectivity index (χ2v) is 10.3. The fourth-order valence-corrected chi connectivity index (χ4v) is 3.57. The highest BCUT2D eigenvalue weighted by atomic mass is 16.5. The fraction of sp³-hybridized carbons (Fsp3) is 0.467. The van der Waals surface area contributed by atoms with Gasteiger partial charge in [0.2, 0.25) is 11.8 Å². The van der Waals surface area contributed by atoms with E-state index in [1.54, 1.807) is 0 Å². The number of hydrogen-bond donors (Lipinski definition) is 3. The molecule has 0 heterocycles. The minimum Gasteiger partial charge on any atom is -0.464 e. The first-order chi connectivity index (χ1) is 18.6. The standard InChI is InChI=1S/C30H41N3O6/c1-21(2)19-38-29(36)25(15-23-11-7-5-8-12-23)32-27(34)17-31-18-28(35)33-26(30(37)39-20-22(3)4)16-24-13-9-6-10-14-24/h5-14,21-22,25-26,31H,15-20H2,1-4H3,(H,32,34)(H,33,35)/t25-,26-/m0/s1. The summed E-state index contributed by atoms with van der Waals surface area (Å²) in [6.45, 7) is 7.84. The lowest BCUT2D eigenvalue weighted by molar-refractivity contribution is -0.149. The molecule has 0 saturated carbocycles. The van der Waals surface area contributed by atoms with Crippen LogP contribution < -0.4 is 16.0 Å². The molecule has 2 amide bonds. The van der Waals surface area contributed by atoms with Crippen molar-refractivity contribution in [2.24, 2.45) is 11.8 Å². The zero-order chi connectivity index (χ0) is 28.6. The quantitative estimate of drug-likeness (QED) is 0.280. The molecule has 9 nitrogen and oxygen atoms in total. The van der Waals surface area contributed by atoms with Gasteiger partial charge in [0.25, 0.3) is 0 Å². The predicted octanol–water partition coefficient (Wildman–Crippen LogP) is 2.43. The maximum atomic E-state index is 12.6. The summed E-state index contributed by atoms with van der Waals surface area (Å²) in [6.07, 6.45) is 0.563. The minimum atomic E-state index is -0.861. The molecule has 0 aliphatic carbocycles. The van der Waals surface area contributed by atoms with Crippen LogP contribution in [0.1, 0.15) is 38.8 Å². The number of rotatable bonds is 16. The Hall–Kier alpha value is -3.72. The molecule has 0 spiro atoms. The zero-order valence-electron chi connectivity index (χ0n) is 23.3. The number of carbonyl (C=O) groups is 4. The molecule has 0 aromatic heterocycles. The van der Waals surface area contributed by atoms with Crippen molar-refractivity contribution in [3.05, 3.63) is 71.8 Å². The lowest BCUT2D eigenvalue weighted by Gasteiger charge is -2.20. The average molecular weight is 540 g/mol. The van der Waals surface area contributed by atoms with Gasteiger partial charge in [0.15, 0.2) is 0 Å². The van der Waals surface area contributed by atoms with Crippen LogP contribution in [0.25, 0.3) is 0 Å². The van der Waals surface area contributed by atoms with E-state index in [1.807, 2.05) is 88.4 Å². The Bertz CT molecular complexity index is 960. The average Bonchev–Trinajstić information content (AvgIpc) is 2.90. The van der Waals surface area contributed by atoms with Crippen molar-refractivity contribution in [2.45, 2.75) is 52.6 Å². The summed E-state index contributed by atoms with van der Waals surface area (Å²) in [5, 5.41) is 8.17. The molecule has 212 valence electrons. The Kier molecular flexibility index (Phi) is 13.7. The second kappa shape index (κ2) is 17.0. The van der Waals surface area contributed by atoms with Crippen LogP contribution in [-0.2, 0) is 41.5 Å². The molecule has 39 heavy (non-hydrogen) atoms. The molecule has 2 aromatic rings. The second-order valence-electron chi connectivity index (χ2n) is 10.3. The van der Waals surface area contributed by atoms with Crippen molar-refractivity contribution in [3.8, 4) is 0 Å². The van der Waals surface area contributed by atoms with Crippen LogP contribution in [0.15, 0.2) is 60.7 Å². The number of ether oxygens (including phenoxy) is 2. The van der Waals surface area contributed by atoms with E-state index in [9.17, 15) is 19.2 Å². The number of carbonyl (C=O) groups excluding carboxylic acids is 4. The first kappa shape index (κ1) is 31.5. The monoisotopic (exact) mass is 539 g/mol. The van der Waals surface area contributed by atoms with Gasteiger partial charge in [-0.05, 0) is 23.0 Å². The summed E-state index contributed by atoms with van der Waals surface area (Å²) in [5.74, 6) is -1.61. The van der Waals surface area contributed by atoms with Gasteiger partial charge in [0, 0.05) is 12.8 Å². The van der Waals surface area contributed by atoms with E-state index in [0.29, 0.717) is 0 Å². The van der Waals surface area contributed by atoms with Crippen LogP contribution in [0.5, 0.6) is 0 Å². The number of nitrogens with one attached hydrogen (secondary N) is 3. The van der Waals surface area contributed by atoms with E-state index in [2.05, 4.69) is 16.0 Å². The molecule has 0 aliphatic rings. The fourth-order valence-electron chi connectivity index (χ4n) is 3.57. The van der Waals surface area contributed by atoms with E-state index >= 15 is 0 Å². The third-order valence-corrected chi connectivity index (χ3v) is 5.49. The summed E-state index contributed by atoms with van der Waals surface area (Å²) in [6, 6.07) is 16.9. The van der Waals surface area contributed by atoms with Gasteiger partial charge in [-0.25, -0.2) is 9.59 Å². The van der Waals surface area contributed by atoms with Crippen LogP contribution in [-0.4, -0.2) is 62.1 Å². The summed E-state index contributed by atoms with van der Waals surface area (Å²) in [4.78, 5) is 50.5. The van der Waals surface area contributed by atoms with Crippen molar-refractivity contribution in [1.29, 1.82) is 0 Å². The van der Waals surface area contributed by atoms with Crippen molar-refractivity contribution in [1.82, 2.24) is 16.0 Å². The Morgan fingerprint density at radius 1 is 0.615 bits per heavy atom. The molecule has 9 heteroatoms. The van der Waals surface area contributed by atoms with Crippen LogP contribution in [0.4, 0.5) is 0 Å². The third-order valence-electron chi connectivity index (χ3n) is 5.49. The molecule has 3 N–H and O–H groups in total. The summed E-state index contributed by atoms with van der Waals surface area (Å²) >= 11 is 0. The van der Waals surface area contributed by atoms with Crippen molar-refractivity contribution in [3.63, 3.8) is 0 Å². The van der Waals surface area contributed by atoms with Gasteiger partial charge in [0.1, 0.15) is 12.1 Å². The first-order valence-electron chi connectivity index (χ1n) is 13.3. The van der Waals surface area contributed by atoms with E-state index in [4.69, 9.17) is 9.47 Å². The molecule has 0 aliphatic heterocycles. The number of benzene rings is 2. The topological polar surface area (TPSA) is 123 Å². The van der Waals surface area contributed by atoms with Gasteiger partial charge in [-0.2, -0.15) is 0 Å². The summed E-state index contributed by atoms with van der Waals surface area (Å²) in [7, 11) is 0. The first-order valence-corrected chi connectivity index (χ1v) is 13.3. The summed E-state index contributed by atoms with van der Waals surface area (Å²) < 4.78 is 10.7. The molecule has 2 rings (SSSR count). The minimum absolute atomic E-state index is 0.163. The lowest BCUT2D eigenvalue weighted by Crippen LogP contribution is -2.49. The van der Waals surface area contributed by atoms with E-state index in [-0.39, 0.29) is 51.0 Å². The van der Waals surface area contributed by atoms with Gasteiger partial charge < -0.3 is 20.1 Å². The largest absolute Gasteiger partial charge is 0.464 e. The number of esters is 2. The number of amides is 2. The van der Waals surface area contributed by atoms with Crippen molar-refractivity contribution in [2.75, 3.05) is 26.3 Å². The molecule has 2 atom stereocenters. The number of hydrogen-bond acceptors (Lipinski definition) is 7. The van der Waals surface area contributed by atoms with Gasteiger partial charge in [-0.15, -0.1) is 0 Å². The molecule has 0 radical (unpaired) electrons. The zero-order valence-corrected chi connectivity index (χ0v) is 23.3. The Morgan fingerprint density at radius 3 is 1.31 bits per heavy atom. The molecular weight excluding hydrogens is 498 g/mol. The summed E-state index contributed by atoms with van der Waals surface area (Å²) in [5.41, 5.74) is 1.76. The Labute approximate surface area is 231 Å². The predicted molar refractivity (Wildman–Crippen MR) is 149 cm³/mol. The van der Waals surface area contributed by atoms with E-state index in [1.165, 1.54) is 0 Å². The van der Waals surface area contributed by atoms with Crippen LogP contribution in [0, 0.1) is 11.8 Å². The molecule has 2 aromatic carbocycles. The lowest BCUT2D eigenvalue weighted by atomic mass is 10.1. The van der Waals surface area contributed by atoms with Crippen LogP contribution >= 0.6 is 0 Å². The third kappa shape index (κ3) is 13.1. The molecule has 0 saturated heterocycles. The Balaban J connectivity index is 1.90. The normalized spacial score (nSPS) is 12.5. The molecule has 0 unspecified atom stereocenters. The highest BCUT2D eigenvalue weighted by Crippen LogP contribution is 2.07. The maximum Gasteiger partial charge on any atom is 0.328 e. The van der Waals surface area contributed by atoms with Gasteiger partial charge in [0.05, 0.1) is 26.3 Å². The van der Waals surface area contributed by atoms with E-state index in [0.717, 1.165) is 11.1 Å². The highest BCUT2D eigenvalue weighted by Gasteiger charge is 2.25. The maximum absolute atomic E-state index is 12.6. The Morgan fingerprint density at radius 2 is 0.974 bits per heavy atom. The van der Waals surface area contributed by atoms with Gasteiger partial charge >= 0.3 is 11.9 Å². The SMILES string of the molecule is CC(C)COC(=O)[C@H](Cc1ccccc1)NC(=O)CNCC(=O)N[C@@H](Cc1ccccc1)C(=O)OCC(C)C. The van der Waals surface area contributed by atoms with Gasteiger partial charge in [-0.1, -0.05) is 88.4 Å². The van der Waals surface area contributed by atoms with Crippen molar-refractivity contribution < 1.29 is 28.7 Å². The smallest absolute Gasteiger partial charge is 0.328 e. The molecule has 0 bridgehead atoms. The molecular formula is C30H41N3O6. The molecule has 0 fully saturated rings. The van der Waals surface area contributed by atoms with E-state index < -0.39 is 35.8 Å². The van der Waals surface area contributed by atoms with Crippen LogP contribution in [0.2, 0.25) is 0 Å². The highest BCUT2D eigenvalue weighted by molar-refractivity contribution is 5.87. The van der Waals surface area contributed by atoms with Crippen molar-refractivity contribution >= 4 is 23.8 Å². The van der Waals surface area contributed by atoms with Crippen LogP contribution in [0.3, 0.4) is 0 Å².